The summed E-state index contributed by atoms with van der Waals surface area (Å²) >= 11 is 0. The second-order valence-corrected chi connectivity index (χ2v) is 26.6. The molecule has 0 aromatic carbocycles. The van der Waals surface area contributed by atoms with Gasteiger partial charge in [0.25, 0.3) is 7.82 Å². The van der Waals surface area contributed by atoms with E-state index in [0.717, 1.165) is 70.6 Å². The number of carbonyl (C=O) groups excluding carboxylic acids is 1. The Kier molecular flexibility index (Phi) is 62.4. The number of hydrogen-bond acceptors (Lipinski definition) is 6. The third-order valence-corrected chi connectivity index (χ3v) is 16.8. The number of amides is 1. The van der Waals surface area contributed by atoms with Gasteiger partial charge in [-0.05, 0) is 83.5 Å². The summed E-state index contributed by atoms with van der Waals surface area (Å²) in [6, 6.07) is -0.913. The van der Waals surface area contributed by atoms with Crippen LogP contribution in [0, 0.1) is 0 Å². The van der Waals surface area contributed by atoms with Gasteiger partial charge < -0.3 is 28.8 Å². The number of aliphatic hydroxyl groups excluding tert-OH is 1. The lowest BCUT2D eigenvalue weighted by Gasteiger charge is -2.29. The summed E-state index contributed by atoms with van der Waals surface area (Å²) in [5, 5.41) is 13.9. The fraction of sp³-hybridized carbons (Fsp3) is 0.797. The molecule has 0 aromatic rings. The summed E-state index contributed by atoms with van der Waals surface area (Å²) in [4.78, 5) is 25.6. The normalized spacial score (nSPS) is 14.2. The van der Waals surface area contributed by atoms with E-state index in [1.807, 2.05) is 27.2 Å². The summed E-state index contributed by atoms with van der Waals surface area (Å²) < 4.78 is 23.4. The molecule has 0 saturated carbocycles. The molecule has 3 unspecified atom stereocenters. The number of rotatable bonds is 65. The molecule has 484 valence electrons. The summed E-state index contributed by atoms with van der Waals surface area (Å²) in [5.41, 5.74) is 0. The molecule has 0 spiro atoms. The monoisotopic (exact) mass is 1180 g/mol. The van der Waals surface area contributed by atoms with Crippen LogP contribution >= 0.6 is 7.82 Å². The number of hydrogen-bond donors (Lipinski definition) is 2. The highest BCUT2D eigenvalue weighted by atomic mass is 31.2. The van der Waals surface area contributed by atoms with E-state index in [0.29, 0.717) is 17.4 Å². The molecule has 1 amide bonds. The van der Waals surface area contributed by atoms with E-state index in [1.54, 1.807) is 6.08 Å². The van der Waals surface area contributed by atoms with Gasteiger partial charge in [-0.3, -0.25) is 9.36 Å². The number of likely N-dealkylation sites (N-methyl/N-ethyl adjacent to an activating group) is 1. The minimum atomic E-state index is -4.62. The SMILES string of the molecule is CC/C=C\C/C=C\C/C=C\C/C=C\CCCCCCCCCCCCCCCCCCCCCCCCC(=O)NC(COP(=O)([O-])OCC[N+](C)(C)C)C(O)/C=C/CC/C=C/CC/C=C/CCCCCCCCCCCCCCCCCC. The number of unbranched alkanes of at least 4 members (excludes halogenated alkanes) is 40. The van der Waals surface area contributed by atoms with Crippen molar-refractivity contribution < 1.29 is 32.9 Å². The number of aliphatic hydroxyl groups is 1. The predicted molar refractivity (Wildman–Crippen MR) is 362 cm³/mol. The van der Waals surface area contributed by atoms with E-state index >= 15 is 0 Å². The van der Waals surface area contributed by atoms with Crippen LogP contribution in [-0.2, 0) is 18.4 Å². The standard InChI is InChI=1S/C74H137N2O6P/c1-6-8-10-12-14-16-18-20-22-24-26-28-30-32-34-35-36-37-38-39-40-41-42-44-46-48-50-52-54-56-58-60-62-64-66-68-74(78)75-72(71-82-83(79,80)81-70-69-76(3,4)5)73(77)67-65-63-61-59-57-55-53-51-49-47-45-43-33-31-29-27-25-23-21-19-17-15-13-11-9-7-2/h8,10,14,16,20,22,26,28,49,51,57,59,65,67,72-73,77H,6-7,9,11-13,15,17-19,21,23-25,27,29-48,50,52-56,58,60-64,66,68-71H2,1-5H3,(H-,75,78,79,80)/b10-8-,16-14-,22-20-,28-26-,51-49+,59-57+,67-65+. The highest BCUT2D eigenvalue weighted by Crippen LogP contribution is 2.38. The topological polar surface area (TPSA) is 108 Å². The number of phosphoric ester groups is 1. The zero-order valence-corrected chi connectivity index (χ0v) is 56.3. The Morgan fingerprint density at radius 2 is 0.747 bits per heavy atom. The molecule has 0 aliphatic carbocycles. The molecule has 9 heteroatoms. The average molecular weight is 1180 g/mol. The van der Waals surface area contributed by atoms with Crippen LogP contribution in [0.15, 0.2) is 85.1 Å². The van der Waals surface area contributed by atoms with Gasteiger partial charge in [-0.1, -0.05) is 324 Å². The third kappa shape index (κ3) is 67.1. The molecule has 0 heterocycles. The second-order valence-electron chi connectivity index (χ2n) is 25.2. The first-order chi connectivity index (χ1) is 40.5. The predicted octanol–water partition coefficient (Wildman–Crippen LogP) is 22.1. The Hall–Kier alpha value is -2.32. The van der Waals surface area contributed by atoms with Gasteiger partial charge in [0.1, 0.15) is 13.2 Å². The van der Waals surface area contributed by atoms with Gasteiger partial charge in [0.2, 0.25) is 5.91 Å². The highest BCUT2D eigenvalue weighted by Gasteiger charge is 2.23. The van der Waals surface area contributed by atoms with E-state index in [-0.39, 0.29) is 12.5 Å². The molecule has 0 fully saturated rings. The van der Waals surface area contributed by atoms with Crippen LogP contribution in [0.4, 0.5) is 0 Å². The highest BCUT2D eigenvalue weighted by molar-refractivity contribution is 7.45. The van der Waals surface area contributed by atoms with E-state index in [2.05, 4.69) is 92.1 Å². The number of carbonyl (C=O) groups is 1. The molecule has 0 rings (SSSR count). The first-order valence-electron chi connectivity index (χ1n) is 35.4. The van der Waals surface area contributed by atoms with Crippen molar-refractivity contribution in [2.75, 3.05) is 40.9 Å². The molecule has 0 aromatic heterocycles. The molecule has 0 bridgehead atoms. The maximum atomic E-state index is 13.0. The first kappa shape index (κ1) is 80.7. The summed E-state index contributed by atoms with van der Waals surface area (Å²) in [7, 11) is 1.24. The Bertz CT molecular complexity index is 1630. The minimum Gasteiger partial charge on any atom is -0.756 e. The van der Waals surface area contributed by atoms with Crippen LogP contribution in [0.3, 0.4) is 0 Å². The van der Waals surface area contributed by atoms with Crippen molar-refractivity contribution in [1.82, 2.24) is 5.32 Å². The van der Waals surface area contributed by atoms with Crippen molar-refractivity contribution in [3.8, 4) is 0 Å². The van der Waals surface area contributed by atoms with Gasteiger partial charge in [-0.15, -0.1) is 0 Å². The zero-order chi connectivity index (χ0) is 60.5. The van der Waals surface area contributed by atoms with Gasteiger partial charge in [0.05, 0.1) is 39.9 Å². The molecule has 8 nitrogen and oxygen atoms in total. The largest absolute Gasteiger partial charge is 0.756 e. The first-order valence-corrected chi connectivity index (χ1v) is 36.9. The van der Waals surface area contributed by atoms with Gasteiger partial charge in [0, 0.05) is 6.42 Å². The lowest BCUT2D eigenvalue weighted by Crippen LogP contribution is -2.45. The van der Waals surface area contributed by atoms with E-state index in [9.17, 15) is 19.4 Å². The van der Waals surface area contributed by atoms with Crippen molar-refractivity contribution in [2.45, 2.75) is 341 Å². The fourth-order valence-electron chi connectivity index (χ4n) is 10.4. The maximum Gasteiger partial charge on any atom is 0.268 e. The van der Waals surface area contributed by atoms with Crippen LogP contribution in [0.5, 0.6) is 0 Å². The Morgan fingerprint density at radius 1 is 0.434 bits per heavy atom. The number of nitrogens with zero attached hydrogens (tertiary/aromatic N) is 1. The Labute approximate surface area is 516 Å². The molecule has 2 N–H and O–H groups in total. The lowest BCUT2D eigenvalue weighted by atomic mass is 10.0. The molecule has 0 radical (unpaired) electrons. The van der Waals surface area contributed by atoms with Gasteiger partial charge in [-0.2, -0.15) is 0 Å². The maximum absolute atomic E-state index is 13.0. The number of quaternary nitrogens is 1. The van der Waals surface area contributed by atoms with Gasteiger partial charge in [-0.25, -0.2) is 0 Å². The van der Waals surface area contributed by atoms with Crippen LogP contribution < -0.4 is 10.2 Å². The van der Waals surface area contributed by atoms with E-state index in [4.69, 9.17) is 9.05 Å². The van der Waals surface area contributed by atoms with Gasteiger partial charge >= 0.3 is 0 Å². The van der Waals surface area contributed by atoms with Crippen molar-refractivity contribution in [2.24, 2.45) is 0 Å². The number of phosphoric acid groups is 1. The summed E-state index contributed by atoms with van der Waals surface area (Å²) in [6.07, 6.45) is 91.5. The Balaban J connectivity index is 4.07. The molecule has 0 saturated heterocycles. The molecule has 3 atom stereocenters. The second kappa shape index (κ2) is 64.2. The number of allylic oxidation sites excluding steroid dienone is 13. The Morgan fingerprint density at radius 3 is 1.12 bits per heavy atom. The number of nitrogens with one attached hydrogen (secondary N) is 1. The van der Waals surface area contributed by atoms with E-state index in [1.165, 1.54) is 238 Å². The summed E-state index contributed by atoms with van der Waals surface area (Å²) in [5.74, 6) is -0.207. The molecular weight excluding hydrogens is 1040 g/mol. The summed E-state index contributed by atoms with van der Waals surface area (Å²) in [6.45, 7) is 4.55. The van der Waals surface area contributed by atoms with Crippen molar-refractivity contribution in [3.63, 3.8) is 0 Å². The van der Waals surface area contributed by atoms with Crippen LogP contribution in [0.1, 0.15) is 328 Å². The van der Waals surface area contributed by atoms with Crippen molar-refractivity contribution in [1.29, 1.82) is 0 Å². The van der Waals surface area contributed by atoms with Crippen LogP contribution in [0.25, 0.3) is 0 Å². The van der Waals surface area contributed by atoms with Crippen LogP contribution in [0.2, 0.25) is 0 Å². The van der Waals surface area contributed by atoms with Crippen LogP contribution in [-0.4, -0.2) is 68.5 Å². The molecule has 83 heavy (non-hydrogen) atoms. The quantitative estimate of drug-likeness (QED) is 0.0272. The lowest BCUT2D eigenvalue weighted by molar-refractivity contribution is -0.870. The zero-order valence-electron chi connectivity index (χ0n) is 55.4. The third-order valence-electron chi connectivity index (χ3n) is 15.8. The fourth-order valence-corrected chi connectivity index (χ4v) is 11.1. The average Bonchev–Trinajstić information content (AvgIpc) is 3.49. The van der Waals surface area contributed by atoms with Crippen molar-refractivity contribution in [3.05, 3.63) is 85.1 Å². The smallest absolute Gasteiger partial charge is 0.268 e. The van der Waals surface area contributed by atoms with E-state index < -0.39 is 26.6 Å². The molecule has 0 aliphatic heterocycles. The van der Waals surface area contributed by atoms with Gasteiger partial charge in [0.15, 0.2) is 0 Å². The molecule has 0 aliphatic rings. The van der Waals surface area contributed by atoms with Crippen molar-refractivity contribution >= 4 is 13.7 Å². The minimum absolute atomic E-state index is 0.00988. The molecular formula is C74H137N2O6P.